The van der Waals surface area contributed by atoms with Gasteiger partial charge in [-0.15, -0.1) is 0 Å². The van der Waals surface area contributed by atoms with Crippen molar-refractivity contribution >= 4 is 11.9 Å². The fourth-order valence-electron chi connectivity index (χ4n) is 3.54. The topological polar surface area (TPSA) is 75.4 Å². The van der Waals surface area contributed by atoms with Gasteiger partial charge >= 0.3 is 6.18 Å². The minimum Gasteiger partial charge on any atom is -0.368 e. The minimum absolute atomic E-state index is 0.0151. The number of piperidine rings is 1. The van der Waals surface area contributed by atoms with Crippen LogP contribution >= 0.6 is 0 Å². The summed E-state index contributed by atoms with van der Waals surface area (Å²) in [6.45, 7) is 1.76. The Bertz CT molecular complexity index is 867. The Balaban J connectivity index is 1.88. The van der Waals surface area contributed by atoms with E-state index in [1.54, 1.807) is 25.2 Å². The molecule has 1 fully saturated rings. The van der Waals surface area contributed by atoms with Crippen LogP contribution in [-0.4, -0.2) is 59.4 Å². The molecule has 29 heavy (non-hydrogen) atoms. The van der Waals surface area contributed by atoms with E-state index in [2.05, 4.69) is 14.9 Å². The number of halogens is 3. The summed E-state index contributed by atoms with van der Waals surface area (Å²) in [6.07, 6.45) is -1.08. The lowest BCUT2D eigenvalue weighted by molar-refractivity contribution is -0.137. The number of nitrogens with zero attached hydrogens (tertiary/aromatic N) is 4. The van der Waals surface area contributed by atoms with Crippen molar-refractivity contribution in [2.24, 2.45) is 0 Å². The predicted molar refractivity (Wildman–Crippen MR) is 104 cm³/mol. The van der Waals surface area contributed by atoms with Gasteiger partial charge in [-0.05, 0) is 37.1 Å². The maximum Gasteiger partial charge on any atom is 0.416 e. The second-order valence-electron chi connectivity index (χ2n) is 7.46. The number of amides is 1. The van der Waals surface area contributed by atoms with Gasteiger partial charge in [0.15, 0.2) is 0 Å². The van der Waals surface area contributed by atoms with Crippen molar-refractivity contribution in [2.45, 2.75) is 24.9 Å². The zero-order chi connectivity index (χ0) is 21.2. The van der Waals surface area contributed by atoms with E-state index in [0.717, 1.165) is 31.5 Å². The molecule has 2 heterocycles. The lowest BCUT2D eigenvalue weighted by atomic mass is 9.89. The normalized spacial score (nSPS) is 17.9. The number of rotatable bonds is 4. The largest absolute Gasteiger partial charge is 0.416 e. The van der Waals surface area contributed by atoms with Crippen LogP contribution in [0.25, 0.3) is 11.1 Å². The van der Waals surface area contributed by atoms with Gasteiger partial charge in [0.2, 0.25) is 11.9 Å². The van der Waals surface area contributed by atoms with E-state index in [9.17, 15) is 18.0 Å². The minimum atomic E-state index is -4.39. The van der Waals surface area contributed by atoms with E-state index in [-0.39, 0.29) is 17.8 Å². The van der Waals surface area contributed by atoms with Crippen LogP contribution < -0.4 is 5.73 Å². The van der Waals surface area contributed by atoms with Crippen LogP contribution in [0.3, 0.4) is 0 Å². The molecule has 1 aliphatic rings. The summed E-state index contributed by atoms with van der Waals surface area (Å²) >= 11 is 0. The first-order valence-corrected chi connectivity index (χ1v) is 9.37. The van der Waals surface area contributed by atoms with E-state index in [1.807, 2.05) is 0 Å². The van der Waals surface area contributed by atoms with Gasteiger partial charge in [-0.3, -0.25) is 9.69 Å². The highest BCUT2D eigenvalue weighted by atomic mass is 19.4. The lowest BCUT2D eigenvalue weighted by Gasteiger charge is -2.33. The molecule has 156 valence electrons. The maximum atomic E-state index is 12.9. The third-order valence-electron chi connectivity index (χ3n) is 5.11. The summed E-state index contributed by atoms with van der Waals surface area (Å²) in [4.78, 5) is 24.1. The molecule has 0 unspecified atom stereocenters. The molecular formula is C20H24F3N5O. The molecule has 2 N–H and O–H groups in total. The van der Waals surface area contributed by atoms with E-state index < -0.39 is 11.7 Å². The molecule has 1 saturated heterocycles. The molecule has 1 aromatic heterocycles. The van der Waals surface area contributed by atoms with Crippen LogP contribution in [0, 0.1) is 0 Å². The van der Waals surface area contributed by atoms with E-state index >= 15 is 0 Å². The Morgan fingerprint density at radius 3 is 2.59 bits per heavy atom. The van der Waals surface area contributed by atoms with Crippen molar-refractivity contribution in [3.05, 3.63) is 41.7 Å². The molecule has 1 atom stereocenters. The summed E-state index contributed by atoms with van der Waals surface area (Å²) < 4.78 is 38.6. The highest BCUT2D eigenvalue weighted by molar-refractivity contribution is 5.77. The predicted octanol–water partition coefficient (Wildman–Crippen LogP) is 3.01. The number of carbonyl (C=O) groups is 1. The van der Waals surface area contributed by atoms with E-state index in [1.165, 1.54) is 12.1 Å². The average molecular weight is 407 g/mol. The van der Waals surface area contributed by atoms with E-state index in [0.29, 0.717) is 29.9 Å². The number of hydrogen-bond donors (Lipinski definition) is 1. The van der Waals surface area contributed by atoms with Gasteiger partial charge in [0, 0.05) is 38.3 Å². The summed E-state index contributed by atoms with van der Waals surface area (Å²) in [6, 6.07) is 4.96. The molecule has 6 nitrogen and oxygen atoms in total. The Morgan fingerprint density at radius 2 is 1.97 bits per heavy atom. The first-order valence-electron chi connectivity index (χ1n) is 9.37. The first kappa shape index (κ1) is 21.0. The van der Waals surface area contributed by atoms with Crippen molar-refractivity contribution in [1.29, 1.82) is 0 Å². The standard InChI is InChI=1S/C20H24F3N5O/c1-27(2)17(29)12-28-9-3-4-14(11-28)18-16(10-25-19(24)26-18)13-5-7-15(8-6-13)20(21,22)23/h5-8,10,14H,3-4,9,11-12H2,1-2H3,(H2,24,25,26)/t14-/m0/s1. The molecule has 0 aliphatic carbocycles. The zero-order valence-corrected chi connectivity index (χ0v) is 16.4. The number of carbonyl (C=O) groups excluding carboxylic acids is 1. The van der Waals surface area contributed by atoms with Crippen molar-refractivity contribution < 1.29 is 18.0 Å². The molecule has 0 bridgehead atoms. The van der Waals surface area contributed by atoms with Crippen molar-refractivity contribution in [3.8, 4) is 11.1 Å². The Kier molecular flexibility index (Phi) is 6.07. The Morgan fingerprint density at radius 1 is 1.28 bits per heavy atom. The van der Waals surface area contributed by atoms with Crippen LogP contribution in [0.5, 0.6) is 0 Å². The average Bonchev–Trinajstić information content (AvgIpc) is 2.67. The van der Waals surface area contributed by atoms with Gasteiger partial charge < -0.3 is 10.6 Å². The number of likely N-dealkylation sites (N-methyl/N-ethyl adjacent to an activating group) is 1. The summed E-state index contributed by atoms with van der Waals surface area (Å²) in [5.41, 5.74) is 7.08. The molecule has 1 aromatic carbocycles. The van der Waals surface area contributed by atoms with Gasteiger partial charge in [-0.25, -0.2) is 9.97 Å². The molecule has 0 radical (unpaired) electrons. The second-order valence-corrected chi connectivity index (χ2v) is 7.46. The van der Waals surface area contributed by atoms with E-state index in [4.69, 9.17) is 5.73 Å². The van der Waals surface area contributed by atoms with Crippen LogP contribution in [-0.2, 0) is 11.0 Å². The SMILES string of the molecule is CN(C)C(=O)CN1CCC[C@H](c2nc(N)ncc2-c2ccc(C(F)(F)F)cc2)C1. The fraction of sp³-hybridized carbons (Fsp3) is 0.450. The number of aromatic nitrogens is 2. The summed E-state index contributed by atoms with van der Waals surface area (Å²) in [5.74, 6) is 0.161. The molecule has 9 heteroatoms. The van der Waals surface area contributed by atoms with Gasteiger partial charge in [-0.1, -0.05) is 12.1 Å². The third-order valence-corrected chi connectivity index (χ3v) is 5.11. The number of hydrogen-bond acceptors (Lipinski definition) is 5. The van der Waals surface area contributed by atoms with Crippen LogP contribution in [0.2, 0.25) is 0 Å². The van der Waals surface area contributed by atoms with Crippen LogP contribution in [0.1, 0.15) is 30.0 Å². The highest BCUT2D eigenvalue weighted by Crippen LogP contribution is 2.35. The number of likely N-dealkylation sites (tertiary alicyclic amines) is 1. The molecule has 1 aliphatic heterocycles. The quantitative estimate of drug-likeness (QED) is 0.843. The highest BCUT2D eigenvalue weighted by Gasteiger charge is 2.31. The smallest absolute Gasteiger partial charge is 0.368 e. The molecular weight excluding hydrogens is 383 g/mol. The van der Waals surface area contributed by atoms with Crippen molar-refractivity contribution in [3.63, 3.8) is 0 Å². The molecule has 2 aromatic rings. The third kappa shape index (κ3) is 5.03. The number of anilines is 1. The van der Waals surface area contributed by atoms with Gasteiger partial charge in [0.25, 0.3) is 0 Å². The molecule has 3 rings (SSSR count). The van der Waals surface area contributed by atoms with Crippen molar-refractivity contribution in [2.75, 3.05) is 39.5 Å². The van der Waals surface area contributed by atoms with Gasteiger partial charge in [-0.2, -0.15) is 13.2 Å². The molecule has 0 spiro atoms. The monoisotopic (exact) mass is 407 g/mol. The summed E-state index contributed by atoms with van der Waals surface area (Å²) in [5, 5.41) is 0. The maximum absolute atomic E-state index is 12.9. The molecule has 1 amide bonds. The van der Waals surface area contributed by atoms with Crippen LogP contribution in [0.4, 0.5) is 19.1 Å². The fourth-order valence-corrected chi connectivity index (χ4v) is 3.54. The van der Waals surface area contributed by atoms with Crippen LogP contribution in [0.15, 0.2) is 30.5 Å². The summed E-state index contributed by atoms with van der Waals surface area (Å²) in [7, 11) is 3.44. The van der Waals surface area contributed by atoms with Crippen molar-refractivity contribution in [1.82, 2.24) is 19.8 Å². The van der Waals surface area contributed by atoms with Gasteiger partial charge in [0.1, 0.15) is 0 Å². The lowest BCUT2D eigenvalue weighted by Crippen LogP contribution is -2.41. The Labute approximate surface area is 167 Å². The number of benzene rings is 1. The zero-order valence-electron chi connectivity index (χ0n) is 16.4. The second kappa shape index (κ2) is 8.36. The van der Waals surface area contributed by atoms with Gasteiger partial charge in [0.05, 0.1) is 17.8 Å². The number of nitrogens with two attached hydrogens (primary N) is 1. The number of nitrogen functional groups attached to an aromatic ring is 1. The molecule has 0 saturated carbocycles. The first-order chi connectivity index (χ1) is 13.6. The Hall–Kier alpha value is -2.68. The number of alkyl halides is 3.